The number of ether oxygens (including phenoxy) is 1. The molecule has 24 heavy (non-hydrogen) atoms. The minimum Gasteiger partial charge on any atom is -0.383 e. The van der Waals surface area contributed by atoms with E-state index in [1.54, 1.807) is 31.2 Å². The summed E-state index contributed by atoms with van der Waals surface area (Å²) < 4.78 is 32.7. The number of carbonyl (C=O) groups excluding carboxylic acids is 1. The highest BCUT2D eigenvalue weighted by Gasteiger charge is 2.17. The Balaban J connectivity index is 2.06. The van der Waals surface area contributed by atoms with Crippen molar-refractivity contribution in [3.05, 3.63) is 45.1 Å². The lowest BCUT2D eigenvalue weighted by Crippen LogP contribution is -2.35. The van der Waals surface area contributed by atoms with Gasteiger partial charge in [-0.2, -0.15) is 0 Å². The van der Waals surface area contributed by atoms with Gasteiger partial charge in [-0.05, 0) is 59.3 Å². The molecule has 1 aromatic heterocycles. The van der Waals surface area contributed by atoms with Crippen LogP contribution in [0.4, 0.5) is 5.69 Å². The normalized spacial score (nSPS) is 12.8. The summed E-state index contributed by atoms with van der Waals surface area (Å²) in [6.07, 6.45) is 0. The third-order valence-corrected chi connectivity index (χ3v) is 6.22. The maximum atomic E-state index is 12.2. The van der Waals surface area contributed by atoms with Gasteiger partial charge in [0, 0.05) is 18.8 Å². The van der Waals surface area contributed by atoms with Crippen LogP contribution in [0.25, 0.3) is 0 Å². The van der Waals surface area contributed by atoms with Crippen molar-refractivity contribution in [1.82, 2.24) is 4.72 Å². The Morgan fingerprint density at radius 3 is 2.46 bits per heavy atom. The van der Waals surface area contributed by atoms with Gasteiger partial charge in [-0.3, -0.25) is 4.79 Å². The number of rotatable bonds is 7. The van der Waals surface area contributed by atoms with Gasteiger partial charge in [0.05, 0.1) is 20.2 Å². The average molecular weight is 433 g/mol. The molecule has 0 aliphatic rings. The van der Waals surface area contributed by atoms with Crippen LogP contribution in [-0.2, 0) is 14.8 Å². The topological polar surface area (TPSA) is 84.5 Å². The molecule has 0 radical (unpaired) electrons. The van der Waals surface area contributed by atoms with Crippen molar-refractivity contribution < 1.29 is 17.9 Å². The van der Waals surface area contributed by atoms with Crippen LogP contribution in [0.1, 0.15) is 16.6 Å². The zero-order valence-electron chi connectivity index (χ0n) is 13.1. The van der Waals surface area contributed by atoms with Gasteiger partial charge < -0.3 is 10.1 Å². The van der Waals surface area contributed by atoms with Crippen LogP contribution in [0.2, 0.25) is 0 Å². The molecule has 1 heterocycles. The largest absolute Gasteiger partial charge is 0.383 e. The summed E-state index contributed by atoms with van der Waals surface area (Å²) in [6.45, 7) is 2.00. The van der Waals surface area contributed by atoms with Gasteiger partial charge in [-0.25, -0.2) is 13.1 Å². The second kappa shape index (κ2) is 8.21. The fraction of sp³-hybridized carbons (Fsp3) is 0.267. The average Bonchev–Trinajstić information content (AvgIpc) is 2.94. The molecule has 0 aliphatic carbocycles. The van der Waals surface area contributed by atoms with E-state index in [0.717, 1.165) is 3.79 Å². The minimum absolute atomic E-state index is 0.127. The van der Waals surface area contributed by atoms with Crippen molar-refractivity contribution in [3.63, 3.8) is 0 Å². The second-order valence-corrected chi connectivity index (χ2v) is 9.24. The van der Waals surface area contributed by atoms with Crippen LogP contribution < -0.4 is 10.0 Å². The minimum atomic E-state index is -3.62. The standard InChI is InChI=1S/C15H17BrN2O4S2/c1-10(9-22-2)18-24(20,21)12-5-3-11(4-6-12)17-15(19)13-7-8-14(16)23-13/h3-8,10,18H,9H2,1-2H3,(H,17,19)/t10-/m1/s1. The van der Waals surface area contributed by atoms with E-state index in [2.05, 4.69) is 26.0 Å². The van der Waals surface area contributed by atoms with E-state index in [1.165, 1.54) is 30.6 Å². The number of sulfonamides is 1. The summed E-state index contributed by atoms with van der Waals surface area (Å²) in [4.78, 5) is 12.8. The number of hydrogen-bond donors (Lipinski definition) is 2. The van der Waals surface area contributed by atoms with Crippen molar-refractivity contribution in [2.75, 3.05) is 19.0 Å². The van der Waals surface area contributed by atoms with E-state index < -0.39 is 10.0 Å². The number of methoxy groups -OCH3 is 1. The first-order chi connectivity index (χ1) is 11.3. The van der Waals surface area contributed by atoms with Gasteiger partial charge in [0.25, 0.3) is 5.91 Å². The Labute approximate surface area is 153 Å². The Morgan fingerprint density at radius 1 is 1.25 bits per heavy atom. The third-order valence-electron chi connectivity index (χ3n) is 2.99. The molecule has 2 aromatic rings. The fourth-order valence-electron chi connectivity index (χ4n) is 1.96. The zero-order chi connectivity index (χ0) is 17.7. The Bertz CT molecular complexity index is 803. The molecule has 9 heteroatoms. The lowest BCUT2D eigenvalue weighted by atomic mass is 10.3. The highest BCUT2D eigenvalue weighted by atomic mass is 79.9. The first-order valence-corrected chi connectivity index (χ1v) is 10.1. The van der Waals surface area contributed by atoms with E-state index in [4.69, 9.17) is 4.74 Å². The molecule has 0 spiro atoms. The number of nitrogens with one attached hydrogen (secondary N) is 2. The summed E-state index contributed by atoms with van der Waals surface area (Å²) in [6, 6.07) is 9.17. The molecule has 6 nitrogen and oxygen atoms in total. The summed E-state index contributed by atoms with van der Waals surface area (Å²) in [5.41, 5.74) is 0.522. The predicted octanol–water partition coefficient (Wildman–Crippen LogP) is 3.08. The molecule has 1 aromatic carbocycles. The van der Waals surface area contributed by atoms with Gasteiger partial charge in [0.2, 0.25) is 10.0 Å². The zero-order valence-corrected chi connectivity index (χ0v) is 16.3. The molecule has 2 rings (SSSR count). The van der Waals surface area contributed by atoms with Gasteiger partial charge in [-0.15, -0.1) is 11.3 Å². The maximum absolute atomic E-state index is 12.2. The Kier molecular flexibility index (Phi) is 6.53. The van der Waals surface area contributed by atoms with Gasteiger partial charge in [0.15, 0.2) is 0 Å². The molecular weight excluding hydrogens is 416 g/mol. The van der Waals surface area contributed by atoms with Gasteiger partial charge in [0.1, 0.15) is 0 Å². The van der Waals surface area contributed by atoms with Crippen molar-refractivity contribution in [1.29, 1.82) is 0 Å². The van der Waals surface area contributed by atoms with E-state index in [1.807, 2.05) is 0 Å². The third kappa shape index (κ3) is 5.12. The monoisotopic (exact) mass is 432 g/mol. The molecule has 0 fully saturated rings. The van der Waals surface area contributed by atoms with Crippen LogP contribution in [0.3, 0.4) is 0 Å². The van der Waals surface area contributed by atoms with Crippen molar-refractivity contribution >= 4 is 48.9 Å². The lowest BCUT2D eigenvalue weighted by Gasteiger charge is -2.13. The summed E-state index contributed by atoms with van der Waals surface area (Å²) in [5.74, 6) is -0.242. The SMILES string of the molecule is COC[C@@H](C)NS(=O)(=O)c1ccc(NC(=O)c2ccc(Br)s2)cc1. The van der Waals surface area contributed by atoms with Crippen molar-refractivity contribution in [2.24, 2.45) is 0 Å². The summed E-state index contributed by atoms with van der Waals surface area (Å²) in [5, 5.41) is 2.73. The number of anilines is 1. The van der Waals surface area contributed by atoms with E-state index in [9.17, 15) is 13.2 Å². The molecule has 130 valence electrons. The van der Waals surface area contributed by atoms with Crippen LogP contribution in [0.15, 0.2) is 45.1 Å². The van der Waals surface area contributed by atoms with Crippen LogP contribution in [0, 0.1) is 0 Å². The smallest absolute Gasteiger partial charge is 0.265 e. The first-order valence-electron chi connectivity index (χ1n) is 7.00. The van der Waals surface area contributed by atoms with Crippen LogP contribution in [-0.4, -0.2) is 34.1 Å². The van der Waals surface area contributed by atoms with Gasteiger partial charge in [-0.1, -0.05) is 0 Å². The fourth-order valence-corrected chi connectivity index (χ4v) is 4.47. The number of carbonyl (C=O) groups is 1. The highest BCUT2D eigenvalue weighted by Crippen LogP contribution is 2.23. The van der Waals surface area contributed by atoms with E-state index in [0.29, 0.717) is 10.6 Å². The molecular formula is C15H17BrN2O4S2. The van der Waals surface area contributed by atoms with E-state index in [-0.39, 0.29) is 23.5 Å². The van der Waals surface area contributed by atoms with Gasteiger partial charge >= 0.3 is 0 Å². The maximum Gasteiger partial charge on any atom is 0.265 e. The molecule has 0 saturated heterocycles. The number of hydrogen-bond acceptors (Lipinski definition) is 5. The molecule has 1 amide bonds. The van der Waals surface area contributed by atoms with Crippen LogP contribution >= 0.6 is 27.3 Å². The molecule has 0 aliphatic heterocycles. The Hall–Kier alpha value is -1.26. The molecule has 0 unspecified atom stereocenters. The first kappa shape index (κ1) is 19.1. The van der Waals surface area contributed by atoms with Crippen molar-refractivity contribution in [2.45, 2.75) is 17.9 Å². The molecule has 1 atom stereocenters. The molecule has 0 saturated carbocycles. The Morgan fingerprint density at radius 2 is 1.92 bits per heavy atom. The van der Waals surface area contributed by atoms with Crippen LogP contribution in [0.5, 0.6) is 0 Å². The number of halogens is 1. The number of thiophene rings is 1. The number of amides is 1. The quantitative estimate of drug-likeness (QED) is 0.703. The predicted molar refractivity (Wildman–Crippen MR) is 98.1 cm³/mol. The van der Waals surface area contributed by atoms with Crippen molar-refractivity contribution in [3.8, 4) is 0 Å². The second-order valence-electron chi connectivity index (χ2n) is 5.06. The molecule has 0 bridgehead atoms. The lowest BCUT2D eigenvalue weighted by molar-refractivity contribution is 0.103. The van der Waals surface area contributed by atoms with E-state index >= 15 is 0 Å². The summed E-state index contributed by atoms with van der Waals surface area (Å²) >= 11 is 4.62. The number of benzene rings is 1. The summed E-state index contributed by atoms with van der Waals surface area (Å²) in [7, 11) is -2.11. The highest BCUT2D eigenvalue weighted by molar-refractivity contribution is 9.11. The molecule has 2 N–H and O–H groups in total.